The van der Waals surface area contributed by atoms with E-state index in [1.807, 2.05) is 61.5 Å². The number of aromatic nitrogens is 2. The van der Waals surface area contributed by atoms with Gasteiger partial charge in [0.2, 0.25) is 0 Å². The third kappa shape index (κ3) is 5.64. The lowest BCUT2D eigenvalue weighted by atomic mass is 10.0. The molecule has 0 aliphatic heterocycles. The molecule has 5 aromatic rings. The number of ether oxygens (including phenoxy) is 1. The van der Waals surface area contributed by atoms with Gasteiger partial charge in [-0.15, -0.1) is 0 Å². The molecule has 2 aromatic heterocycles. The summed E-state index contributed by atoms with van der Waals surface area (Å²) in [6, 6.07) is 27.7. The number of nitriles is 1. The standard InChI is InChI=1S/C30H24ClN5O/c1-20-13-28-25(15-27(20)34-17-21-7-3-2-4-8-21)30(22(16-32)18-35-28)36-23-10-11-29(26(31)14-23)37-19-24-9-5-6-12-33-24/h2-15,18,34H,17,19H2,1H3,(H,35,36). The lowest BCUT2D eigenvalue weighted by Crippen LogP contribution is -2.03. The predicted octanol–water partition coefficient (Wildman–Crippen LogP) is 7.40. The SMILES string of the molecule is Cc1cc2ncc(C#N)c(Nc3ccc(OCc4ccccn4)c(Cl)c3)c2cc1NCc1ccccc1. The highest BCUT2D eigenvalue weighted by Crippen LogP contribution is 2.35. The van der Waals surface area contributed by atoms with Crippen LogP contribution in [-0.2, 0) is 13.2 Å². The van der Waals surface area contributed by atoms with E-state index in [2.05, 4.69) is 38.8 Å². The van der Waals surface area contributed by atoms with Crippen molar-refractivity contribution in [3.8, 4) is 11.8 Å². The molecule has 5 rings (SSSR count). The first-order valence-electron chi connectivity index (χ1n) is 11.8. The molecule has 0 aliphatic rings. The number of fused-ring (bicyclic) bond motifs is 1. The minimum Gasteiger partial charge on any atom is -0.486 e. The Morgan fingerprint density at radius 1 is 0.973 bits per heavy atom. The summed E-state index contributed by atoms with van der Waals surface area (Å²) in [5.74, 6) is 0.556. The molecule has 0 bridgehead atoms. The molecule has 7 heteroatoms. The van der Waals surface area contributed by atoms with Gasteiger partial charge in [-0.1, -0.05) is 48.0 Å². The fraction of sp³-hybridized carbons (Fsp3) is 0.100. The summed E-state index contributed by atoms with van der Waals surface area (Å²) in [7, 11) is 0. The summed E-state index contributed by atoms with van der Waals surface area (Å²) in [6.45, 7) is 3.05. The molecule has 0 unspecified atom stereocenters. The summed E-state index contributed by atoms with van der Waals surface area (Å²) in [5, 5.41) is 18.0. The number of pyridine rings is 2. The van der Waals surface area contributed by atoms with Gasteiger partial charge in [0.25, 0.3) is 0 Å². The van der Waals surface area contributed by atoms with Crippen LogP contribution in [0.1, 0.15) is 22.4 Å². The van der Waals surface area contributed by atoms with Crippen LogP contribution >= 0.6 is 11.6 Å². The first-order chi connectivity index (χ1) is 18.1. The Labute approximate surface area is 220 Å². The van der Waals surface area contributed by atoms with E-state index in [1.165, 1.54) is 5.56 Å². The second-order valence-electron chi connectivity index (χ2n) is 8.56. The third-order valence-electron chi connectivity index (χ3n) is 5.96. The molecule has 0 aliphatic carbocycles. The van der Waals surface area contributed by atoms with Gasteiger partial charge < -0.3 is 15.4 Å². The highest BCUT2D eigenvalue weighted by atomic mass is 35.5. The van der Waals surface area contributed by atoms with Gasteiger partial charge in [-0.3, -0.25) is 9.97 Å². The van der Waals surface area contributed by atoms with Gasteiger partial charge in [0.05, 0.1) is 27.5 Å². The van der Waals surface area contributed by atoms with E-state index in [9.17, 15) is 5.26 Å². The van der Waals surface area contributed by atoms with E-state index >= 15 is 0 Å². The molecule has 6 nitrogen and oxygen atoms in total. The van der Waals surface area contributed by atoms with Crippen LogP contribution in [0.2, 0.25) is 5.02 Å². The first-order valence-corrected chi connectivity index (χ1v) is 12.2. The highest BCUT2D eigenvalue weighted by molar-refractivity contribution is 6.32. The molecule has 2 N–H and O–H groups in total. The molecule has 0 amide bonds. The van der Waals surface area contributed by atoms with Crippen LogP contribution in [0.5, 0.6) is 5.75 Å². The van der Waals surface area contributed by atoms with E-state index in [1.54, 1.807) is 24.5 Å². The van der Waals surface area contributed by atoms with Crippen molar-refractivity contribution >= 4 is 39.6 Å². The maximum absolute atomic E-state index is 9.81. The Balaban J connectivity index is 1.42. The summed E-state index contributed by atoms with van der Waals surface area (Å²) in [5.41, 5.74) is 6.70. The quantitative estimate of drug-likeness (QED) is 0.228. The number of benzene rings is 3. The number of anilines is 3. The largest absolute Gasteiger partial charge is 0.486 e. The average molecular weight is 506 g/mol. The smallest absolute Gasteiger partial charge is 0.138 e. The van der Waals surface area contributed by atoms with Gasteiger partial charge in [0.1, 0.15) is 18.4 Å². The van der Waals surface area contributed by atoms with E-state index in [0.29, 0.717) is 35.2 Å². The van der Waals surface area contributed by atoms with Crippen LogP contribution in [0, 0.1) is 18.3 Å². The normalized spacial score (nSPS) is 10.6. The van der Waals surface area contributed by atoms with Gasteiger partial charge in [0.15, 0.2) is 0 Å². The summed E-state index contributed by atoms with van der Waals surface area (Å²) < 4.78 is 5.84. The van der Waals surface area contributed by atoms with E-state index in [-0.39, 0.29) is 0 Å². The van der Waals surface area contributed by atoms with Gasteiger partial charge in [-0.05, 0) is 60.5 Å². The maximum atomic E-state index is 9.81. The number of aryl methyl sites for hydroxylation is 1. The van der Waals surface area contributed by atoms with Crippen molar-refractivity contribution in [2.75, 3.05) is 10.6 Å². The molecule has 0 saturated carbocycles. The molecular formula is C30H24ClN5O. The second kappa shape index (κ2) is 11.0. The molecule has 0 saturated heterocycles. The Hall–Kier alpha value is -4.60. The second-order valence-corrected chi connectivity index (χ2v) is 8.97. The average Bonchev–Trinajstić information content (AvgIpc) is 2.93. The molecule has 3 aromatic carbocycles. The van der Waals surface area contributed by atoms with Crippen molar-refractivity contribution < 1.29 is 4.74 Å². The van der Waals surface area contributed by atoms with Crippen molar-refractivity contribution in [3.63, 3.8) is 0 Å². The van der Waals surface area contributed by atoms with Crippen molar-refractivity contribution in [2.45, 2.75) is 20.1 Å². The number of nitrogens with zero attached hydrogens (tertiary/aromatic N) is 3. The van der Waals surface area contributed by atoms with Crippen molar-refractivity contribution in [2.24, 2.45) is 0 Å². The van der Waals surface area contributed by atoms with E-state index in [4.69, 9.17) is 16.3 Å². The zero-order valence-corrected chi connectivity index (χ0v) is 21.0. The number of hydrogen-bond donors (Lipinski definition) is 2. The topological polar surface area (TPSA) is 82.9 Å². The van der Waals surface area contributed by atoms with Crippen LogP contribution in [0.15, 0.2) is 91.3 Å². The molecule has 2 heterocycles. The number of hydrogen-bond acceptors (Lipinski definition) is 6. The fourth-order valence-electron chi connectivity index (χ4n) is 4.02. The lowest BCUT2D eigenvalue weighted by molar-refractivity contribution is 0.301. The number of rotatable bonds is 8. The third-order valence-corrected chi connectivity index (χ3v) is 6.26. The Morgan fingerprint density at radius 2 is 1.81 bits per heavy atom. The number of halogens is 1. The van der Waals surface area contributed by atoms with Crippen LogP contribution in [0.4, 0.5) is 17.1 Å². The molecule has 0 atom stereocenters. The van der Waals surface area contributed by atoms with Gasteiger partial charge in [-0.25, -0.2) is 0 Å². The van der Waals surface area contributed by atoms with Crippen LogP contribution in [0.3, 0.4) is 0 Å². The van der Waals surface area contributed by atoms with E-state index < -0.39 is 0 Å². The molecule has 37 heavy (non-hydrogen) atoms. The molecular weight excluding hydrogens is 482 g/mol. The van der Waals surface area contributed by atoms with Gasteiger partial charge in [-0.2, -0.15) is 5.26 Å². The van der Waals surface area contributed by atoms with Crippen molar-refractivity contribution in [1.29, 1.82) is 5.26 Å². The Bertz CT molecular complexity index is 1580. The fourth-order valence-corrected chi connectivity index (χ4v) is 4.26. The minimum atomic E-state index is 0.318. The van der Waals surface area contributed by atoms with Crippen molar-refractivity contribution in [1.82, 2.24) is 9.97 Å². The maximum Gasteiger partial charge on any atom is 0.138 e. The summed E-state index contributed by atoms with van der Waals surface area (Å²) in [4.78, 5) is 8.78. The molecule has 0 spiro atoms. The molecule has 0 fully saturated rings. The monoisotopic (exact) mass is 505 g/mol. The zero-order chi connectivity index (χ0) is 25.6. The predicted molar refractivity (Wildman–Crippen MR) is 148 cm³/mol. The molecule has 0 radical (unpaired) electrons. The Kier molecular flexibility index (Phi) is 7.16. The van der Waals surface area contributed by atoms with Crippen LogP contribution in [-0.4, -0.2) is 9.97 Å². The van der Waals surface area contributed by atoms with Crippen LogP contribution < -0.4 is 15.4 Å². The number of nitrogens with one attached hydrogen (secondary N) is 2. The van der Waals surface area contributed by atoms with Crippen LogP contribution in [0.25, 0.3) is 10.9 Å². The first kappa shape index (κ1) is 24.1. The highest BCUT2D eigenvalue weighted by Gasteiger charge is 2.13. The van der Waals surface area contributed by atoms with E-state index in [0.717, 1.165) is 33.5 Å². The Morgan fingerprint density at radius 3 is 2.57 bits per heavy atom. The van der Waals surface area contributed by atoms with Gasteiger partial charge in [0, 0.05) is 35.7 Å². The van der Waals surface area contributed by atoms with Crippen molar-refractivity contribution in [3.05, 3.63) is 119 Å². The lowest BCUT2D eigenvalue weighted by Gasteiger charge is -2.16. The minimum absolute atomic E-state index is 0.318. The summed E-state index contributed by atoms with van der Waals surface area (Å²) in [6.07, 6.45) is 3.32. The zero-order valence-electron chi connectivity index (χ0n) is 20.2. The van der Waals surface area contributed by atoms with Gasteiger partial charge >= 0.3 is 0 Å². The molecule has 182 valence electrons. The summed E-state index contributed by atoms with van der Waals surface area (Å²) >= 11 is 6.53.